The molecule has 2 N–H and O–H groups in total. The van der Waals surface area contributed by atoms with Crippen molar-refractivity contribution in [1.82, 2.24) is 15.5 Å². The topological polar surface area (TPSA) is 68.2 Å². The summed E-state index contributed by atoms with van der Waals surface area (Å²) < 4.78 is 0. The van der Waals surface area contributed by atoms with Crippen molar-refractivity contribution in [2.45, 2.75) is 25.3 Å². The number of nitriles is 1. The van der Waals surface area contributed by atoms with Crippen molar-refractivity contribution in [1.29, 1.82) is 5.26 Å². The van der Waals surface area contributed by atoms with Gasteiger partial charge in [0.2, 0.25) is 0 Å². The van der Waals surface area contributed by atoms with E-state index in [1.54, 1.807) is 0 Å². The minimum atomic E-state index is -0.198. The molecule has 1 aliphatic rings. The molecule has 23 heavy (non-hydrogen) atoms. The predicted molar refractivity (Wildman–Crippen MR) is 91.2 cm³/mol. The zero-order valence-electron chi connectivity index (χ0n) is 13.6. The van der Waals surface area contributed by atoms with Crippen LogP contribution in [0.2, 0.25) is 5.02 Å². The molecule has 6 heteroatoms. The number of rotatable bonds is 7. The van der Waals surface area contributed by atoms with Crippen LogP contribution in [0.1, 0.15) is 30.9 Å². The molecule has 1 saturated carbocycles. The lowest BCUT2D eigenvalue weighted by atomic mass is 10.0. The molecule has 1 fully saturated rings. The Kier molecular flexibility index (Phi) is 5.86. The zero-order chi connectivity index (χ0) is 16.9. The van der Waals surface area contributed by atoms with E-state index in [1.165, 1.54) is 0 Å². The number of amides is 2. The van der Waals surface area contributed by atoms with Crippen molar-refractivity contribution in [2.24, 2.45) is 5.41 Å². The lowest BCUT2D eigenvalue weighted by Crippen LogP contribution is -2.43. The molecule has 0 spiro atoms. The largest absolute Gasteiger partial charge is 0.338 e. The van der Waals surface area contributed by atoms with Gasteiger partial charge in [-0.15, -0.1) is 0 Å². The van der Waals surface area contributed by atoms with Crippen LogP contribution in [-0.4, -0.2) is 38.1 Å². The molecule has 5 nitrogen and oxygen atoms in total. The number of hydrogen-bond acceptors (Lipinski definition) is 3. The van der Waals surface area contributed by atoms with Gasteiger partial charge in [-0.25, -0.2) is 4.79 Å². The van der Waals surface area contributed by atoms with Crippen LogP contribution in [0.15, 0.2) is 24.3 Å². The Morgan fingerprint density at radius 2 is 2.04 bits per heavy atom. The van der Waals surface area contributed by atoms with E-state index in [4.69, 9.17) is 16.9 Å². The maximum atomic E-state index is 12.2. The van der Waals surface area contributed by atoms with E-state index in [2.05, 4.69) is 16.7 Å². The van der Waals surface area contributed by atoms with Gasteiger partial charge in [-0.2, -0.15) is 5.26 Å². The number of likely N-dealkylation sites (N-methyl/N-ethyl adjacent to an activating group) is 1. The monoisotopic (exact) mass is 334 g/mol. The van der Waals surface area contributed by atoms with E-state index in [1.807, 2.05) is 43.3 Å². The molecular weight excluding hydrogens is 312 g/mol. The highest BCUT2D eigenvalue weighted by Crippen LogP contribution is 2.47. The highest BCUT2D eigenvalue weighted by molar-refractivity contribution is 6.30. The van der Waals surface area contributed by atoms with Gasteiger partial charge in [-0.1, -0.05) is 23.7 Å². The second-order valence-corrected chi connectivity index (χ2v) is 6.96. The van der Waals surface area contributed by atoms with Gasteiger partial charge in [0, 0.05) is 29.9 Å². The van der Waals surface area contributed by atoms with Gasteiger partial charge in [-0.3, -0.25) is 0 Å². The van der Waals surface area contributed by atoms with Gasteiger partial charge in [0.25, 0.3) is 0 Å². The molecular formula is C17H23ClN4O. The summed E-state index contributed by atoms with van der Waals surface area (Å²) in [5.41, 5.74) is 1.01. The lowest BCUT2D eigenvalue weighted by Gasteiger charge is -2.23. The van der Waals surface area contributed by atoms with Crippen LogP contribution in [0.4, 0.5) is 4.79 Å². The van der Waals surface area contributed by atoms with Crippen molar-refractivity contribution in [2.75, 3.05) is 27.2 Å². The number of carbonyl (C=O) groups is 1. The molecule has 0 unspecified atom stereocenters. The molecule has 0 aromatic heterocycles. The summed E-state index contributed by atoms with van der Waals surface area (Å²) in [6.07, 6.45) is 2.53. The first-order chi connectivity index (χ1) is 10.9. The third-order valence-electron chi connectivity index (χ3n) is 4.16. The van der Waals surface area contributed by atoms with Gasteiger partial charge in [0.15, 0.2) is 0 Å². The number of urea groups is 1. The summed E-state index contributed by atoms with van der Waals surface area (Å²) in [6.45, 7) is 1.25. The molecule has 0 saturated heterocycles. The van der Waals surface area contributed by atoms with Crippen LogP contribution in [0.3, 0.4) is 0 Å². The van der Waals surface area contributed by atoms with Crippen LogP contribution in [0, 0.1) is 16.7 Å². The van der Waals surface area contributed by atoms with E-state index >= 15 is 0 Å². The van der Waals surface area contributed by atoms with Gasteiger partial charge < -0.3 is 15.5 Å². The molecule has 0 radical (unpaired) electrons. The lowest BCUT2D eigenvalue weighted by molar-refractivity contribution is 0.230. The summed E-state index contributed by atoms with van der Waals surface area (Å²) >= 11 is 5.93. The third kappa shape index (κ3) is 5.42. The second kappa shape index (κ2) is 7.67. The maximum absolute atomic E-state index is 12.2. The van der Waals surface area contributed by atoms with Crippen LogP contribution in [-0.2, 0) is 0 Å². The Morgan fingerprint density at radius 3 is 2.57 bits per heavy atom. The number of carbonyl (C=O) groups excluding carboxylic acids is 1. The number of nitrogens with one attached hydrogen (secondary N) is 2. The number of halogens is 1. The molecule has 0 aliphatic heterocycles. The smallest absolute Gasteiger partial charge is 0.315 e. The molecule has 1 aromatic rings. The SMILES string of the molecule is CN(C)C[C@H](NC(=O)NCC1(CC#N)CC1)c1ccc(Cl)cc1. The molecule has 0 heterocycles. The van der Waals surface area contributed by atoms with E-state index in [-0.39, 0.29) is 17.5 Å². The van der Waals surface area contributed by atoms with E-state index in [0.717, 1.165) is 18.4 Å². The maximum Gasteiger partial charge on any atom is 0.315 e. The van der Waals surface area contributed by atoms with E-state index < -0.39 is 0 Å². The molecule has 124 valence electrons. The minimum Gasteiger partial charge on any atom is -0.338 e. The first kappa shape index (κ1) is 17.6. The van der Waals surface area contributed by atoms with Crippen molar-refractivity contribution in [3.8, 4) is 6.07 Å². The van der Waals surface area contributed by atoms with Crippen molar-refractivity contribution in [3.05, 3.63) is 34.9 Å². The fraction of sp³-hybridized carbons (Fsp3) is 0.529. The number of nitrogens with zero attached hydrogens (tertiary/aromatic N) is 2. The van der Waals surface area contributed by atoms with Crippen molar-refractivity contribution < 1.29 is 4.79 Å². The van der Waals surface area contributed by atoms with Crippen LogP contribution >= 0.6 is 11.6 Å². The van der Waals surface area contributed by atoms with E-state index in [9.17, 15) is 4.79 Å². The summed E-state index contributed by atoms with van der Waals surface area (Å²) in [5.74, 6) is 0. The average molecular weight is 335 g/mol. The molecule has 2 rings (SSSR count). The average Bonchev–Trinajstić information content (AvgIpc) is 3.25. The number of hydrogen-bond donors (Lipinski definition) is 2. The predicted octanol–water partition coefficient (Wildman–Crippen LogP) is 2.94. The van der Waals surface area contributed by atoms with Gasteiger partial charge in [-0.05, 0) is 44.6 Å². The third-order valence-corrected chi connectivity index (χ3v) is 4.41. The van der Waals surface area contributed by atoms with Crippen LogP contribution < -0.4 is 10.6 Å². The first-order valence-electron chi connectivity index (χ1n) is 7.76. The fourth-order valence-corrected chi connectivity index (χ4v) is 2.66. The first-order valence-corrected chi connectivity index (χ1v) is 8.13. The van der Waals surface area contributed by atoms with Gasteiger partial charge >= 0.3 is 6.03 Å². The summed E-state index contributed by atoms with van der Waals surface area (Å²) in [5, 5.41) is 15.4. The van der Waals surface area contributed by atoms with Crippen molar-refractivity contribution in [3.63, 3.8) is 0 Å². The number of benzene rings is 1. The molecule has 1 aromatic carbocycles. The quantitative estimate of drug-likeness (QED) is 0.805. The van der Waals surface area contributed by atoms with Crippen molar-refractivity contribution >= 4 is 17.6 Å². The highest BCUT2D eigenvalue weighted by atomic mass is 35.5. The Hall–Kier alpha value is -1.77. The second-order valence-electron chi connectivity index (χ2n) is 6.53. The van der Waals surface area contributed by atoms with Gasteiger partial charge in [0.05, 0.1) is 12.1 Å². The highest BCUT2D eigenvalue weighted by Gasteiger charge is 2.42. The molecule has 0 bridgehead atoms. The Morgan fingerprint density at radius 1 is 1.39 bits per heavy atom. The minimum absolute atomic E-state index is 0.00338. The molecule has 2 amide bonds. The fourth-order valence-electron chi connectivity index (χ4n) is 2.53. The standard InChI is InChI=1S/C17H23ClN4O/c1-22(2)11-15(13-3-5-14(18)6-4-13)21-16(23)20-12-17(7-8-17)9-10-19/h3-6,15H,7-9,11-12H2,1-2H3,(H2,20,21,23)/t15-/m0/s1. The summed E-state index contributed by atoms with van der Waals surface area (Å²) in [4.78, 5) is 14.2. The zero-order valence-corrected chi connectivity index (χ0v) is 14.4. The normalized spacial score (nSPS) is 16.5. The Labute approximate surface area is 142 Å². The Bertz CT molecular complexity index is 575. The van der Waals surface area contributed by atoms with Crippen LogP contribution in [0.25, 0.3) is 0 Å². The molecule has 1 atom stereocenters. The van der Waals surface area contributed by atoms with Gasteiger partial charge in [0.1, 0.15) is 0 Å². The van der Waals surface area contributed by atoms with E-state index in [0.29, 0.717) is 24.5 Å². The Balaban J connectivity index is 1.93. The molecule has 1 aliphatic carbocycles. The van der Waals surface area contributed by atoms with Crippen LogP contribution in [0.5, 0.6) is 0 Å². The summed E-state index contributed by atoms with van der Waals surface area (Å²) in [6, 6.07) is 9.39. The summed E-state index contributed by atoms with van der Waals surface area (Å²) in [7, 11) is 3.93.